The minimum Gasteiger partial charge on any atom is -0.355 e. The highest BCUT2D eigenvalue weighted by Crippen LogP contribution is 2.15. The van der Waals surface area contributed by atoms with Crippen LogP contribution < -0.4 is 10.6 Å². The molecule has 0 aromatic heterocycles. The number of rotatable bonds is 5. The Bertz CT molecular complexity index is 256. The number of halogens is 2. The molecule has 2 aliphatic heterocycles. The molecule has 0 saturated carbocycles. The zero-order valence-corrected chi connectivity index (χ0v) is 13.3. The number of carbonyl (C=O) groups is 1. The molecule has 0 spiro atoms. The van der Waals surface area contributed by atoms with Gasteiger partial charge < -0.3 is 15.5 Å². The molecule has 2 fully saturated rings. The summed E-state index contributed by atoms with van der Waals surface area (Å²) in [7, 11) is 0. The summed E-state index contributed by atoms with van der Waals surface area (Å²) in [6.07, 6.45) is 4.00. The quantitative estimate of drug-likeness (QED) is 0.804. The molecular weight excluding hydrogens is 285 g/mol. The van der Waals surface area contributed by atoms with Crippen LogP contribution in [0.1, 0.15) is 26.2 Å². The molecule has 0 bridgehead atoms. The van der Waals surface area contributed by atoms with Crippen LogP contribution in [0.5, 0.6) is 0 Å². The fraction of sp³-hybridized carbons (Fsp3) is 0.923. The first-order valence-corrected chi connectivity index (χ1v) is 6.98. The molecule has 1 atom stereocenters. The number of nitrogens with one attached hydrogen (secondary N) is 2. The molecule has 6 heteroatoms. The van der Waals surface area contributed by atoms with Crippen LogP contribution in [0.3, 0.4) is 0 Å². The zero-order chi connectivity index (χ0) is 12.1. The maximum Gasteiger partial charge on any atom is 0.223 e. The molecule has 0 aromatic carbocycles. The lowest BCUT2D eigenvalue weighted by Gasteiger charge is -2.32. The Balaban J connectivity index is 0.00000162. The van der Waals surface area contributed by atoms with Crippen LogP contribution in [0.25, 0.3) is 0 Å². The van der Waals surface area contributed by atoms with Crippen molar-refractivity contribution in [2.75, 3.05) is 39.3 Å². The van der Waals surface area contributed by atoms with E-state index in [1.54, 1.807) is 0 Å². The molecule has 0 aliphatic carbocycles. The van der Waals surface area contributed by atoms with Gasteiger partial charge in [-0.3, -0.25) is 4.79 Å². The van der Waals surface area contributed by atoms with Gasteiger partial charge in [-0.25, -0.2) is 0 Å². The minimum atomic E-state index is 0. The molecule has 2 N–H and O–H groups in total. The Labute approximate surface area is 128 Å². The second-order valence-electron chi connectivity index (χ2n) is 5.40. The number of hydrogen-bond donors (Lipinski definition) is 2. The average molecular weight is 312 g/mol. The number of carbonyl (C=O) groups excluding carboxylic acids is 1. The van der Waals surface area contributed by atoms with Crippen molar-refractivity contribution >= 4 is 30.7 Å². The molecule has 1 amide bonds. The molecule has 2 rings (SSSR count). The van der Waals surface area contributed by atoms with Crippen LogP contribution in [0.2, 0.25) is 0 Å². The van der Waals surface area contributed by atoms with Crippen molar-refractivity contribution in [3.8, 4) is 0 Å². The van der Waals surface area contributed by atoms with Crippen molar-refractivity contribution in [2.24, 2.45) is 11.8 Å². The summed E-state index contributed by atoms with van der Waals surface area (Å²) in [5.41, 5.74) is 0. The molecule has 0 radical (unpaired) electrons. The second kappa shape index (κ2) is 9.81. The van der Waals surface area contributed by atoms with E-state index in [4.69, 9.17) is 0 Å². The SMILES string of the molecule is CC(C(=O)NCCN1CCCCC1)C1CNC1.Cl.Cl. The van der Waals surface area contributed by atoms with Crippen molar-refractivity contribution in [1.29, 1.82) is 0 Å². The summed E-state index contributed by atoms with van der Waals surface area (Å²) in [5, 5.41) is 6.29. The molecule has 2 heterocycles. The molecule has 2 saturated heterocycles. The van der Waals surface area contributed by atoms with Gasteiger partial charge in [-0.1, -0.05) is 13.3 Å². The average Bonchev–Trinajstić information content (AvgIpc) is 2.28. The van der Waals surface area contributed by atoms with Crippen molar-refractivity contribution in [1.82, 2.24) is 15.5 Å². The van der Waals surface area contributed by atoms with Crippen LogP contribution in [0, 0.1) is 11.8 Å². The molecule has 1 unspecified atom stereocenters. The first-order chi connectivity index (χ1) is 8.27. The summed E-state index contributed by atoms with van der Waals surface area (Å²) in [6, 6.07) is 0. The third kappa shape index (κ3) is 5.86. The topological polar surface area (TPSA) is 44.4 Å². The summed E-state index contributed by atoms with van der Waals surface area (Å²) in [4.78, 5) is 14.3. The van der Waals surface area contributed by atoms with Gasteiger partial charge in [0.15, 0.2) is 0 Å². The van der Waals surface area contributed by atoms with Crippen LogP contribution in [0.4, 0.5) is 0 Å². The van der Waals surface area contributed by atoms with Gasteiger partial charge >= 0.3 is 0 Å². The Morgan fingerprint density at radius 1 is 1.26 bits per heavy atom. The highest BCUT2D eigenvalue weighted by molar-refractivity contribution is 5.85. The van der Waals surface area contributed by atoms with Gasteiger partial charge in [0.05, 0.1) is 0 Å². The summed E-state index contributed by atoms with van der Waals surface area (Å²) in [5.74, 6) is 0.941. The van der Waals surface area contributed by atoms with Crippen LogP contribution in [-0.4, -0.2) is 50.1 Å². The van der Waals surface area contributed by atoms with E-state index in [-0.39, 0.29) is 36.6 Å². The van der Waals surface area contributed by atoms with E-state index in [2.05, 4.69) is 15.5 Å². The lowest BCUT2D eigenvalue weighted by atomic mass is 9.88. The highest BCUT2D eigenvalue weighted by Gasteiger charge is 2.28. The smallest absolute Gasteiger partial charge is 0.223 e. The third-order valence-electron chi connectivity index (χ3n) is 4.11. The van der Waals surface area contributed by atoms with Gasteiger partial charge in [-0.15, -0.1) is 24.8 Å². The van der Waals surface area contributed by atoms with Gasteiger partial charge in [0, 0.05) is 19.0 Å². The van der Waals surface area contributed by atoms with E-state index >= 15 is 0 Å². The van der Waals surface area contributed by atoms with Crippen molar-refractivity contribution in [3.05, 3.63) is 0 Å². The molecule has 19 heavy (non-hydrogen) atoms. The summed E-state index contributed by atoms with van der Waals surface area (Å²) < 4.78 is 0. The minimum absolute atomic E-state index is 0. The first-order valence-electron chi connectivity index (χ1n) is 6.98. The van der Waals surface area contributed by atoms with E-state index in [9.17, 15) is 4.79 Å². The zero-order valence-electron chi connectivity index (χ0n) is 11.7. The third-order valence-corrected chi connectivity index (χ3v) is 4.11. The van der Waals surface area contributed by atoms with E-state index in [0.29, 0.717) is 5.92 Å². The van der Waals surface area contributed by atoms with Crippen molar-refractivity contribution < 1.29 is 4.79 Å². The Hall–Kier alpha value is -0.0300. The fourth-order valence-electron chi connectivity index (χ4n) is 2.56. The highest BCUT2D eigenvalue weighted by atomic mass is 35.5. The van der Waals surface area contributed by atoms with Crippen LogP contribution in [-0.2, 0) is 4.79 Å². The monoisotopic (exact) mass is 311 g/mol. The van der Waals surface area contributed by atoms with E-state index in [1.165, 1.54) is 32.4 Å². The lowest BCUT2D eigenvalue weighted by Crippen LogP contribution is -2.50. The maximum atomic E-state index is 11.9. The maximum absolute atomic E-state index is 11.9. The van der Waals surface area contributed by atoms with Crippen molar-refractivity contribution in [3.63, 3.8) is 0 Å². The molecular formula is C13H27Cl2N3O. The van der Waals surface area contributed by atoms with Gasteiger partial charge in [0.25, 0.3) is 0 Å². The van der Waals surface area contributed by atoms with Gasteiger partial charge in [-0.05, 0) is 44.9 Å². The Kier molecular flexibility index (Phi) is 9.79. The summed E-state index contributed by atoms with van der Waals surface area (Å²) >= 11 is 0. The van der Waals surface area contributed by atoms with Crippen molar-refractivity contribution in [2.45, 2.75) is 26.2 Å². The molecule has 114 valence electrons. The van der Waals surface area contributed by atoms with Gasteiger partial charge in [0.2, 0.25) is 5.91 Å². The molecule has 4 nitrogen and oxygen atoms in total. The number of likely N-dealkylation sites (tertiary alicyclic amines) is 1. The molecule has 2 aliphatic rings. The second-order valence-corrected chi connectivity index (χ2v) is 5.40. The standard InChI is InChI=1S/C13H25N3O.2ClH/c1-11(12-9-14-10-12)13(17)15-5-8-16-6-3-2-4-7-16;;/h11-12,14H,2-10H2,1H3,(H,15,17);2*1H. The Morgan fingerprint density at radius 3 is 2.42 bits per heavy atom. The van der Waals surface area contributed by atoms with E-state index < -0.39 is 0 Å². The van der Waals surface area contributed by atoms with Gasteiger partial charge in [-0.2, -0.15) is 0 Å². The predicted octanol–water partition coefficient (Wildman–Crippen LogP) is 1.29. The number of nitrogens with zero attached hydrogens (tertiary/aromatic N) is 1. The Morgan fingerprint density at radius 2 is 1.89 bits per heavy atom. The summed E-state index contributed by atoms with van der Waals surface area (Å²) in [6.45, 7) is 8.28. The van der Waals surface area contributed by atoms with E-state index in [1.807, 2.05) is 6.92 Å². The van der Waals surface area contributed by atoms with E-state index in [0.717, 1.165) is 26.2 Å². The van der Waals surface area contributed by atoms with Gasteiger partial charge in [0.1, 0.15) is 0 Å². The number of amides is 1. The fourth-order valence-corrected chi connectivity index (χ4v) is 2.56. The van der Waals surface area contributed by atoms with Crippen LogP contribution >= 0.6 is 24.8 Å². The van der Waals surface area contributed by atoms with Crippen LogP contribution in [0.15, 0.2) is 0 Å². The predicted molar refractivity (Wildman–Crippen MR) is 83.3 cm³/mol. The lowest BCUT2D eigenvalue weighted by molar-refractivity contribution is -0.126. The molecule has 0 aromatic rings. The first kappa shape index (κ1) is 19.0. The largest absolute Gasteiger partial charge is 0.355 e. The number of piperidine rings is 1. The normalized spacial score (nSPS) is 21.5. The number of hydrogen-bond acceptors (Lipinski definition) is 3.